The molecule has 0 radical (unpaired) electrons. The topological polar surface area (TPSA) is 74.4 Å². The van der Waals surface area contributed by atoms with Crippen molar-refractivity contribution in [1.29, 1.82) is 0 Å². The molecule has 6 nitrogen and oxygen atoms in total. The molecule has 2 N–H and O–H groups in total. The van der Waals surface area contributed by atoms with E-state index in [0.29, 0.717) is 12.1 Å². The second-order valence-electron chi connectivity index (χ2n) is 6.99. The van der Waals surface area contributed by atoms with Gasteiger partial charge in [0.05, 0.1) is 7.11 Å². The molecule has 0 amide bonds. The molecule has 1 fully saturated rings. The molecule has 0 saturated carbocycles. The largest absolute Gasteiger partial charge is 0.467 e. The standard InChI is InChI=1S/C22H23N3O3/c1-28-22(27)20-7-4-12-25(20)18-10-8-17(9-11-18)23-14-16-13-15-5-2-3-6-19(15)24-21(16)26/h2-3,5-6,8-11,13,20,23H,4,7,12,14H2,1H3,(H,24,26)/t20-/m0/s1. The molecular formula is C22H23N3O3. The quantitative estimate of drug-likeness (QED) is 0.668. The number of hydrogen-bond donors (Lipinski definition) is 2. The number of aromatic amines is 1. The van der Waals surface area contributed by atoms with Crippen LogP contribution >= 0.6 is 0 Å². The fraction of sp³-hybridized carbons (Fsp3) is 0.273. The van der Waals surface area contributed by atoms with E-state index >= 15 is 0 Å². The summed E-state index contributed by atoms with van der Waals surface area (Å²) >= 11 is 0. The summed E-state index contributed by atoms with van der Waals surface area (Å²) in [6.07, 6.45) is 1.79. The fourth-order valence-electron chi connectivity index (χ4n) is 3.75. The van der Waals surface area contributed by atoms with Crippen molar-refractivity contribution in [1.82, 2.24) is 4.98 Å². The van der Waals surface area contributed by atoms with Crippen molar-refractivity contribution in [2.75, 3.05) is 23.9 Å². The zero-order valence-electron chi connectivity index (χ0n) is 15.8. The molecule has 0 aliphatic carbocycles. The van der Waals surface area contributed by atoms with Crippen LogP contribution in [0.3, 0.4) is 0 Å². The van der Waals surface area contributed by atoms with Crippen LogP contribution in [0.25, 0.3) is 10.9 Å². The number of carbonyl (C=O) groups excluding carboxylic acids is 1. The Morgan fingerprint density at radius 1 is 1.21 bits per heavy atom. The van der Waals surface area contributed by atoms with Crippen LogP contribution in [0, 0.1) is 0 Å². The van der Waals surface area contributed by atoms with Gasteiger partial charge in [-0.25, -0.2) is 4.79 Å². The van der Waals surface area contributed by atoms with E-state index in [4.69, 9.17) is 4.74 Å². The van der Waals surface area contributed by atoms with Crippen LogP contribution in [0.4, 0.5) is 11.4 Å². The number of carbonyl (C=O) groups is 1. The average Bonchev–Trinajstić information content (AvgIpc) is 3.22. The predicted octanol–water partition coefficient (Wildman–Crippen LogP) is 3.28. The van der Waals surface area contributed by atoms with Gasteiger partial charge in [-0.3, -0.25) is 4.79 Å². The minimum absolute atomic E-state index is 0.0826. The van der Waals surface area contributed by atoms with E-state index in [0.717, 1.165) is 41.7 Å². The van der Waals surface area contributed by atoms with Gasteiger partial charge in [0.2, 0.25) is 0 Å². The molecule has 4 rings (SSSR count). The Labute approximate surface area is 163 Å². The molecule has 0 bridgehead atoms. The lowest BCUT2D eigenvalue weighted by atomic mass is 10.1. The summed E-state index contributed by atoms with van der Waals surface area (Å²) in [7, 11) is 1.43. The molecule has 6 heteroatoms. The van der Waals surface area contributed by atoms with E-state index in [1.54, 1.807) is 0 Å². The lowest BCUT2D eigenvalue weighted by Gasteiger charge is -2.25. The lowest BCUT2D eigenvalue weighted by Crippen LogP contribution is -2.36. The molecule has 3 aromatic rings. The highest BCUT2D eigenvalue weighted by molar-refractivity contribution is 5.81. The third-order valence-electron chi connectivity index (χ3n) is 5.24. The molecule has 144 valence electrons. The predicted molar refractivity (Wildman–Crippen MR) is 111 cm³/mol. The van der Waals surface area contributed by atoms with Crippen LogP contribution in [0.2, 0.25) is 0 Å². The molecule has 1 aliphatic rings. The fourth-order valence-corrected chi connectivity index (χ4v) is 3.75. The summed E-state index contributed by atoms with van der Waals surface area (Å²) in [5.74, 6) is -0.185. The average molecular weight is 377 g/mol. The van der Waals surface area contributed by atoms with Gasteiger partial charge in [-0.1, -0.05) is 18.2 Å². The SMILES string of the molecule is COC(=O)[C@@H]1CCCN1c1ccc(NCc2cc3ccccc3[nH]c2=O)cc1. The van der Waals surface area contributed by atoms with E-state index in [-0.39, 0.29) is 17.6 Å². The molecule has 28 heavy (non-hydrogen) atoms. The second kappa shape index (κ2) is 7.76. The molecule has 2 heterocycles. The summed E-state index contributed by atoms with van der Waals surface area (Å²) in [6.45, 7) is 1.28. The number of nitrogens with one attached hydrogen (secondary N) is 2. The number of rotatable bonds is 5. The van der Waals surface area contributed by atoms with Crippen molar-refractivity contribution >= 4 is 28.2 Å². The maximum atomic E-state index is 12.3. The van der Waals surface area contributed by atoms with E-state index in [1.807, 2.05) is 54.6 Å². The van der Waals surface area contributed by atoms with Gasteiger partial charge < -0.3 is 19.9 Å². The number of ether oxygens (including phenoxy) is 1. The smallest absolute Gasteiger partial charge is 0.328 e. The highest BCUT2D eigenvalue weighted by atomic mass is 16.5. The Balaban J connectivity index is 1.46. The highest BCUT2D eigenvalue weighted by Crippen LogP contribution is 2.27. The Morgan fingerprint density at radius 3 is 2.79 bits per heavy atom. The van der Waals surface area contributed by atoms with E-state index < -0.39 is 0 Å². The third-order valence-corrected chi connectivity index (χ3v) is 5.24. The first kappa shape index (κ1) is 18.1. The molecule has 1 saturated heterocycles. The number of pyridine rings is 1. The van der Waals surface area contributed by atoms with Crippen molar-refractivity contribution in [2.24, 2.45) is 0 Å². The Kier molecular flexibility index (Phi) is 5.02. The second-order valence-corrected chi connectivity index (χ2v) is 6.99. The number of anilines is 2. The number of methoxy groups -OCH3 is 1. The van der Waals surface area contributed by atoms with Gasteiger partial charge in [-0.15, -0.1) is 0 Å². The van der Waals surface area contributed by atoms with Gasteiger partial charge in [0.15, 0.2) is 0 Å². The van der Waals surface area contributed by atoms with Crippen molar-refractivity contribution in [3.63, 3.8) is 0 Å². The van der Waals surface area contributed by atoms with Crippen LogP contribution in [-0.2, 0) is 16.1 Å². The van der Waals surface area contributed by atoms with Crippen molar-refractivity contribution in [3.05, 3.63) is 70.5 Å². The van der Waals surface area contributed by atoms with E-state index in [2.05, 4.69) is 15.2 Å². The normalized spacial score (nSPS) is 16.3. The number of para-hydroxylation sites is 1. The Morgan fingerprint density at radius 2 is 2.00 bits per heavy atom. The van der Waals surface area contributed by atoms with Gasteiger partial charge in [-0.05, 0) is 54.6 Å². The van der Waals surface area contributed by atoms with Crippen LogP contribution in [0.5, 0.6) is 0 Å². The summed E-state index contributed by atoms with van der Waals surface area (Å²) in [4.78, 5) is 29.2. The summed E-state index contributed by atoms with van der Waals surface area (Å²) in [5.41, 5.74) is 3.37. The monoisotopic (exact) mass is 377 g/mol. The van der Waals surface area contributed by atoms with Gasteiger partial charge in [0.1, 0.15) is 6.04 Å². The zero-order chi connectivity index (χ0) is 19.5. The maximum absolute atomic E-state index is 12.3. The molecule has 0 spiro atoms. The Bertz CT molecular complexity index is 1040. The number of hydrogen-bond acceptors (Lipinski definition) is 5. The Hall–Kier alpha value is -3.28. The first-order valence-electron chi connectivity index (χ1n) is 9.45. The zero-order valence-corrected chi connectivity index (χ0v) is 15.8. The third kappa shape index (κ3) is 3.58. The van der Waals surface area contributed by atoms with Gasteiger partial charge in [0.25, 0.3) is 5.56 Å². The first-order valence-corrected chi connectivity index (χ1v) is 9.45. The minimum atomic E-state index is -0.208. The number of fused-ring (bicyclic) bond motifs is 1. The maximum Gasteiger partial charge on any atom is 0.328 e. The van der Waals surface area contributed by atoms with Crippen LogP contribution in [0.15, 0.2) is 59.4 Å². The molecule has 0 unspecified atom stereocenters. The number of esters is 1. The summed E-state index contributed by atoms with van der Waals surface area (Å²) in [6, 6.07) is 17.4. The van der Waals surface area contributed by atoms with Crippen molar-refractivity contribution in [3.8, 4) is 0 Å². The minimum Gasteiger partial charge on any atom is -0.467 e. The highest BCUT2D eigenvalue weighted by Gasteiger charge is 2.31. The molecular weight excluding hydrogens is 354 g/mol. The van der Waals surface area contributed by atoms with Crippen LogP contribution in [-0.4, -0.2) is 30.6 Å². The van der Waals surface area contributed by atoms with Crippen LogP contribution in [0.1, 0.15) is 18.4 Å². The van der Waals surface area contributed by atoms with E-state index in [1.165, 1.54) is 7.11 Å². The van der Waals surface area contributed by atoms with Crippen molar-refractivity contribution in [2.45, 2.75) is 25.4 Å². The summed E-state index contributed by atoms with van der Waals surface area (Å²) in [5, 5.41) is 4.31. The summed E-state index contributed by atoms with van der Waals surface area (Å²) < 4.78 is 4.91. The molecule has 1 aliphatic heterocycles. The number of nitrogens with zero attached hydrogens (tertiary/aromatic N) is 1. The van der Waals surface area contributed by atoms with Gasteiger partial charge in [0, 0.05) is 35.5 Å². The van der Waals surface area contributed by atoms with Gasteiger partial charge in [-0.2, -0.15) is 0 Å². The molecule has 2 aromatic carbocycles. The lowest BCUT2D eigenvalue weighted by molar-refractivity contribution is -0.141. The first-order chi connectivity index (χ1) is 13.7. The molecule has 1 atom stereocenters. The van der Waals surface area contributed by atoms with Crippen LogP contribution < -0.4 is 15.8 Å². The molecule has 1 aromatic heterocycles. The number of H-pyrrole nitrogens is 1. The van der Waals surface area contributed by atoms with E-state index in [9.17, 15) is 9.59 Å². The number of aromatic nitrogens is 1. The number of benzene rings is 2. The van der Waals surface area contributed by atoms with Gasteiger partial charge >= 0.3 is 5.97 Å². The van der Waals surface area contributed by atoms with Crippen molar-refractivity contribution < 1.29 is 9.53 Å².